The number of hydrogen-bond acceptors (Lipinski definition) is 5. The van der Waals surface area contributed by atoms with Crippen LogP contribution in [0.2, 0.25) is 0 Å². The molecule has 6 nitrogen and oxygen atoms in total. The van der Waals surface area contributed by atoms with Crippen molar-refractivity contribution in [1.29, 1.82) is 0 Å². The van der Waals surface area contributed by atoms with E-state index in [1.54, 1.807) is 18.5 Å². The van der Waals surface area contributed by atoms with Gasteiger partial charge in [-0.3, -0.25) is 9.78 Å². The van der Waals surface area contributed by atoms with Crippen molar-refractivity contribution in [1.82, 2.24) is 20.4 Å². The fraction of sp³-hybridized carbons (Fsp3) is 0.400. The Bertz CT molecular complexity index is 616. The lowest BCUT2D eigenvalue weighted by Gasteiger charge is -2.35. The monoisotopic (exact) mass is 286 g/mol. The SMILES string of the molecule is C[C@H]1CN(C(=O)c2cc(-c3ccncc3)on2)C[C@H](C)N1. The van der Waals surface area contributed by atoms with Crippen molar-refractivity contribution in [2.45, 2.75) is 25.9 Å². The van der Waals surface area contributed by atoms with Crippen LogP contribution in [0.3, 0.4) is 0 Å². The van der Waals surface area contributed by atoms with Crippen molar-refractivity contribution >= 4 is 5.91 Å². The zero-order valence-electron chi connectivity index (χ0n) is 12.1. The minimum atomic E-state index is -0.0840. The van der Waals surface area contributed by atoms with E-state index in [1.165, 1.54) is 0 Å². The molecule has 0 radical (unpaired) electrons. The Morgan fingerprint density at radius 3 is 2.62 bits per heavy atom. The molecule has 110 valence electrons. The first kappa shape index (κ1) is 13.8. The predicted molar refractivity (Wildman–Crippen MR) is 77.7 cm³/mol. The number of aromatic nitrogens is 2. The molecule has 6 heteroatoms. The van der Waals surface area contributed by atoms with Crippen LogP contribution in [0.25, 0.3) is 11.3 Å². The first-order valence-corrected chi connectivity index (χ1v) is 7.06. The van der Waals surface area contributed by atoms with Crippen LogP contribution in [-0.4, -0.2) is 46.1 Å². The lowest BCUT2D eigenvalue weighted by atomic mass is 10.1. The highest BCUT2D eigenvalue weighted by molar-refractivity contribution is 5.93. The van der Waals surface area contributed by atoms with Crippen molar-refractivity contribution in [2.24, 2.45) is 0 Å². The molecule has 1 fully saturated rings. The van der Waals surface area contributed by atoms with Crippen LogP contribution >= 0.6 is 0 Å². The fourth-order valence-corrected chi connectivity index (χ4v) is 2.68. The Labute approximate surface area is 123 Å². The van der Waals surface area contributed by atoms with E-state index in [0.717, 1.165) is 5.56 Å². The standard InChI is InChI=1S/C15H18N4O2/c1-10-8-19(9-11(2)17-10)15(20)13-7-14(21-18-13)12-3-5-16-6-4-12/h3-7,10-11,17H,8-9H2,1-2H3/t10-,11-/m0/s1. The number of nitrogens with zero attached hydrogens (tertiary/aromatic N) is 3. The van der Waals surface area contributed by atoms with Gasteiger partial charge in [-0.2, -0.15) is 0 Å². The summed E-state index contributed by atoms with van der Waals surface area (Å²) < 4.78 is 5.28. The van der Waals surface area contributed by atoms with Crippen molar-refractivity contribution < 1.29 is 9.32 Å². The Morgan fingerprint density at radius 1 is 1.29 bits per heavy atom. The third-order valence-electron chi connectivity index (χ3n) is 3.54. The molecular formula is C15H18N4O2. The van der Waals surface area contributed by atoms with Gasteiger partial charge < -0.3 is 14.7 Å². The van der Waals surface area contributed by atoms with Gasteiger partial charge in [0.25, 0.3) is 5.91 Å². The maximum Gasteiger partial charge on any atom is 0.276 e. The molecule has 0 aromatic carbocycles. The normalized spacial score (nSPS) is 22.3. The Kier molecular flexibility index (Phi) is 3.70. The van der Waals surface area contributed by atoms with Gasteiger partial charge in [0.15, 0.2) is 11.5 Å². The lowest BCUT2D eigenvalue weighted by Crippen LogP contribution is -2.55. The summed E-state index contributed by atoms with van der Waals surface area (Å²) in [6, 6.07) is 5.90. The molecule has 1 N–H and O–H groups in total. The van der Waals surface area contributed by atoms with E-state index in [1.807, 2.05) is 17.0 Å². The fourth-order valence-electron chi connectivity index (χ4n) is 2.68. The first-order chi connectivity index (χ1) is 10.1. The van der Waals surface area contributed by atoms with Gasteiger partial charge in [-0.25, -0.2) is 0 Å². The summed E-state index contributed by atoms with van der Waals surface area (Å²) in [6.45, 7) is 5.50. The van der Waals surface area contributed by atoms with Gasteiger partial charge in [0.05, 0.1) is 0 Å². The molecule has 21 heavy (non-hydrogen) atoms. The summed E-state index contributed by atoms with van der Waals surface area (Å²) in [5.41, 5.74) is 1.21. The van der Waals surface area contributed by atoms with Gasteiger partial charge in [0.2, 0.25) is 0 Å². The van der Waals surface area contributed by atoms with Gasteiger partial charge in [-0.05, 0) is 26.0 Å². The zero-order chi connectivity index (χ0) is 14.8. The first-order valence-electron chi connectivity index (χ1n) is 7.06. The minimum Gasteiger partial charge on any atom is -0.355 e. The van der Waals surface area contributed by atoms with Crippen LogP contribution in [-0.2, 0) is 0 Å². The molecule has 2 aromatic heterocycles. The van der Waals surface area contributed by atoms with E-state index in [2.05, 4.69) is 29.3 Å². The second-order valence-electron chi connectivity index (χ2n) is 5.49. The Hall–Kier alpha value is -2.21. The van der Waals surface area contributed by atoms with Crippen molar-refractivity contribution in [3.05, 3.63) is 36.3 Å². The quantitative estimate of drug-likeness (QED) is 0.907. The topological polar surface area (TPSA) is 71.3 Å². The molecule has 2 atom stereocenters. The van der Waals surface area contributed by atoms with Crippen molar-refractivity contribution in [3.63, 3.8) is 0 Å². The molecule has 1 aliphatic rings. The largest absolute Gasteiger partial charge is 0.355 e. The van der Waals surface area contributed by atoms with E-state index in [-0.39, 0.29) is 18.0 Å². The molecule has 3 rings (SSSR count). The smallest absolute Gasteiger partial charge is 0.276 e. The summed E-state index contributed by atoms with van der Waals surface area (Å²) >= 11 is 0. The van der Waals surface area contributed by atoms with E-state index in [0.29, 0.717) is 24.5 Å². The molecule has 3 heterocycles. The summed E-state index contributed by atoms with van der Waals surface area (Å²) in [6.07, 6.45) is 3.36. The lowest BCUT2D eigenvalue weighted by molar-refractivity contribution is 0.0663. The molecule has 2 aromatic rings. The van der Waals surface area contributed by atoms with Crippen molar-refractivity contribution in [3.8, 4) is 11.3 Å². The average molecular weight is 286 g/mol. The van der Waals surface area contributed by atoms with Crippen LogP contribution in [0.15, 0.2) is 35.1 Å². The van der Waals surface area contributed by atoms with Gasteiger partial charge in [0, 0.05) is 49.2 Å². The van der Waals surface area contributed by atoms with Crippen LogP contribution in [0, 0.1) is 0 Å². The summed E-state index contributed by atoms with van der Waals surface area (Å²) in [7, 11) is 0. The van der Waals surface area contributed by atoms with Crippen LogP contribution in [0.5, 0.6) is 0 Å². The van der Waals surface area contributed by atoms with Gasteiger partial charge in [-0.15, -0.1) is 0 Å². The summed E-state index contributed by atoms with van der Waals surface area (Å²) in [5.74, 6) is 0.497. The second-order valence-corrected chi connectivity index (χ2v) is 5.49. The Balaban J connectivity index is 1.78. The number of hydrogen-bond donors (Lipinski definition) is 1. The van der Waals surface area contributed by atoms with E-state index >= 15 is 0 Å². The molecule has 0 unspecified atom stereocenters. The molecule has 1 amide bonds. The van der Waals surface area contributed by atoms with Gasteiger partial charge >= 0.3 is 0 Å². The average Bonchev–Trinajstić information content (AvgIpc) is 2.96. The molecule has 0 aliphatic carbocycles. The molecule has 0 bridgehead atoms. The molecular weight excluding hydrogens is 268 g/mol. The third kappa shape index (κ3) is 2.95. The third-order valence-corrected chi connectivity index (χ3v) is 3.54. The van der Waals surface area contributed by atoms with E-state index in [9.17, 15) is 4.79 Å². The number of pyridine rings is 1. The number of piperazine rings is 1. The van der Waals surface area contributed by atoms with Gasteiger partial charge in [-0.1, -0.05) is 5.16 Å². The highest BCUT2D eigenvalue weighted by atomic mass is 16.5. The second kappa shape index (κ2) is 5.65. The maximum atomic E-state index is 12.5. The number of carbonyl (C=O) groups is 1. The maximum absolute atomic E-state index is 12.5. The Morgan fingerprint density at radius 2 is 1.95 bits per heavy atom. The number of nitrogens with one attached hydrogen (secondary N) is 1. The van der Waals surface area contributed by atoms with Crippen LogP contribution in [0.1, 0.15) is 24.3 Å². The van der Waals surface area contributed by atoms with Gasteiger partial charge in [0.1, 0.15) is 0 Å². The minimum absolute atomic E-state index is 0.0840. The molecule has 1 aliphatic heterocycles. The molecule has 0 saturated carbocycles. The predicted octanol–water partition coefficient (Wildman–Crippen LogP) is 1.56. The summed E-state index contributed by atoms with van der Waals surface area (Å²) in [4.78, 5) is 18.3. The highest BCUT2D eigenvalue weighted by Gasteiger charge is 2.27. The number of carbonyl (C=O) groups excluding carboxylic acids is 1. The molecule has 1 saturated heterocycles. The van der Waals surface area contributed by atoms with Crippen LogP contribution in [0.4, 0.5) is 0 Å². The number of rotatable bonds is 2. The van der Waals surface area contributed by atoms with Crippen molar-refractivity contribution in [2.75, 3.05) is 13.1 Å². The highest BCUT2D eigenvalue weighted by Crippen LogP contribution is 2.20. The van der Waals surface area contributed by atoms with E-state index in [4.69, 9.17) is 4.52 Å². The van der Waals surface area contributed by atoms with Crippen LogP contribution < -0.4 is 5.32 Å². The summed E-state index contributed by atoms with van der Waals surface area (Å²) in [5, 5.41) is 7.31. The number of amides is 1. The van der Waals surface area contributed by atoms with E-state index < -0.39 is 0 Å². The zero-order valence-corrected chi connectivity index (χ0v) is 12.1. The molecule has 0 spiro atoms.